The molecule has 3 rings (SSSR count). The summed E-state index contributed by atoms with van der Waals surface area (Å²) in [6.07, 6.45) is 1.69. The Hall–Kier alpha value is -3.12. The van der Waals surface area contributed by atoms with Crippen LogP contribution in [0.3, 0.4) is 0 Å². The van der Waals surface area contributed by atoms with Gasteiger partial charge in [0.05, 0.1) is 16.6 Å². The number of pyridine rings is 1. The summed E-state index contributed by atoms with van der Waals surface area (Å²) >= 11 is 6.00. The average Bonchev–Trinajstić information content (AvgIpc) is 2.67. The molecule has 138 valence electrons. The highest BCUT2D eigenvalue weighted by molar-refractivity contribution is 6.31. The zero-order valence-corrected chi connectivity index (χ0v) is 15.4. The third kappa shape index (κ3) is 4.17. The molecule has 0 atom stereocenters. The van der Waals surface area contributed by atoms with Crippen molar-refractivity contribution in [2.45, 2.75) is 0 Å². The highest BCUT2D eigenvalue weighted by atomic mass is 35.5. The Labute approximate surface area is 161 Å². The number of benzene rings is 2. The van der Waals surface area contributed by atoms with Gasteiger partial charge >= 0.3 is 5.97 Å². The molecule has 3 aromatic rings. The molecule has 1 aromatic heterocycles. The van der Waals surface area contributed by atoms with E-state index in [1.807, 2.05) is 12.1 Å². The van der Waals surface area contributed by atoms with E-state index in [1.54, 1.807) is 37.5 Å². The van der Waals surface area contributed by atoms with E-state index in [9.17, 15) is 14.7 Å². The van der Waals surface area contributed by atoms with Crippen LogP contribution in [0.4, 0.5) is 5.69 Å². The number of nitrogens with one attached hydrogen (secondary N) is 1. The van der Waals surface area contributed by atoms with Gasteiger partial charge < -0.3 is 15.3 Å². The number of hydrogen-bond donors (Lipinski definition) is 2. The van der Waals surface area contributed by atoms with Crippen molar-refractivity contribution in [2.24, 2.45) is 0 Å². The number of carbonyl (C=O) groups excluding carboxylic acids is 1. The van der Waals surface area contributed by atoms with Gasteiger partial charge in [0, 0.05) is 42.4 Å². The third-order valence-corrected chi connectivity index (χ3v) is 4.44. The Bertz CT molecular complexity index is 1010. The molecule has 27 heavy (non-hydrogen) atoms. The van der Waals surface area contributed by atoms with Crippen molar-refractivity contribution in [3.63, 3.8) is 0 Å². The van der Waals surface area contributed by atoms with E-state index in [1.165, 1.54) is 17.0 Å². The lowest BCUT2D eigenvalue weighted by Gasteiger charge is -2.19. The zero-order valence-electron chi connectivity index (χ0n) is 14.6. The summed E-state index contributed by atoms with van der Waals surface area (Å²) < 4.78 is 0. The summed E-state index contributed by atoms with van der Waals surface area (Å²) in [4.78, 5) is 29.7. The molecule has 0 aliphatic rings. The number of aromatic carboxylic acids is 1. The van der Waals surface area contributed by atoms with E-state index in [4.69, 9.17) is 11.6 Å². The van der Waals surface area contributed by atoms with Crippen LogP contribution >= 0.6 is 11.6 Å². The summed E-state index contributed by atoms with van der Waals surface area (Å²) in [7, 11) is 1.65. The van der Waals surface area contributed by atoms with E-state index in [0.29, 0.717) is 18.1 Å². The maximum absolute atomic E-state index is 12.6. The first kappa shape index (κ1) is 18.7. The van der Waals surface area contributed by atoms with Crippen LogP contribution < -0.4 is 5.32 Å². The monoisotopic (exact) mass is 383 g/mol. The maximum atomic E-state index is 12.6. The van der Waals surface area contributed by atoms with Gasteiger partial charge in [-0.2, -0.15) is 0 Å². The number of hydrogen-bond acceptors (Lipinski definition) is 4. The largest absolute Gasteiger partial charge is 0.478 e. The Kier molecular flexibility index (Phi) is 5.57. The maximum Gasteiger partial charge on any atom is 0.336 e. The fraction of sp³-hybridized carbons (Fsp3) is 0.150. The van der Waals surface area contributed by atoms with Gasteiger partial charge in [0.15, 0.2) is 0 Å². The predicted molar refractivity (Wildman–Crippen MR) is 106 cm³/mol. The van der Waals surface area contributed by atoms with Gasteiger partial charge in [-0.05, 0) is 36.4 Å². The predicted octanol–water partition coefficient (Wildman–Crippen LogP) is 3.77. The van der Waals surface area contributed by atoms with Gasteiger partial charge in [0.1, 0.15) is 0 Å². The lowest BCUT2D eigenvalue weighted by Crippen LogP contribution is -2.32. The molecule has 1 heterocycles. The minimum absolute atomic E-state index is 0.000634. The number of rotatable bonds is 6. The topological polar surface area (TPSA) is 82.5 Å². The summed E-state index contributed by atoms with van der Waals surface area (Å²) in [6, 6.07) is 13.5. The summed E-state index contributed by atoms with van der Waals surface area (Å²) in [5.74, 6) is -1.45. The second kappa shape index (κ2) is 8.05. The van der Waals surface area contributed by atoms with Crippen molar-refractivity contribution >= 4 is 40.1 Å². The summed E-state index contributed by atoms with van der Waals surface area (Å²) in [5.41, 5.74) is 1.85. The van der Waals surface area contributed by atoms with Crippen LogP contribution in [-0.2, 0) is 0 Å². The number of amides is 1. The summed E-state index contributed by atoms with van der Waals surface area (Å²) in [6.45, 7) is 0.906. The molecule has 2 aromatic carbocycles. The summed E-state index contributed by atoms with van der Waals surface area (Å²) in [5, 5.41) is 14.1. The molecule has 0 unspecified atom stereocenters. The number of aromatic nitrogens is 1. The third-order valence-electron chi connectivity index (χ3n) is 4.20. The Balaban J connectivity index is 1.68. The lowest BCUT2D eigenvalue weighted by atomic mass is 10.1. The van der Waals surface area contributed by atoms with Crippen molar-refractivity contribution in [3.05, 3.63) is 70.9 Å². The minimum atomic E-state index is -1.12. The quantitative estimate of drug-likeness (QED) is 0.677. The number of carboxylic acid groups (broad SMARTS) is 1. The minimum Gasteiger partial charge on any atom is -0.478 e. The van der Waals surface area contributed by atoms with Crippen molar-refractivity contribution < 1.29 is 14.7 Å². The molecule has 0 aliphatic carbocycles. The van der Waals surface area contributed by atoms with E-state index < -0.39 is 5.97 Å². The van der Waals surface area contributed by atoms with Crippen LogP contribution in [0, 0.1) is 0 Å². The SMILES string of the molecule is CN(CCNc1ccnc2cc(Cl)ccc12)C(=O)c1ccccc1C(=O)O. The number of carboxylic acids is 1. The first-order valence-electron chi connectivity index (χ1n) is 8.33. The first-order chi connectivity index (χ1) is 13.0. The van der Waals surface area contributed by atoms with Gasteiger partial charge in [-0.3, -0.25) is 9.78 Å². The molecule has 0 spiro atoms. The standard InChI is InChI=1S/C20H18ClN3O3/c1-24(19(25)14-4-2-3-5-15(14)20(26)27)11-10-23-17-8-9-22-18-12-13(21)6-7-16(17)18/h2-9,12H,10-11H2,1H3,(H,22,23)(H,26,27). The number of carbonyl (C=O) groups is 2. The van der Waals surface area contributed by atoms with Crippen molar-refractivity contribution in [3.8, 4) is 0 Å². The molecule has 0 bridgehead atoms. The van der Waals surface area contributed by atoms with Crippen LogP contribution in [0.15, 0.2) is 54.7 Å². The normalized spacial score (nSPS) is 10.6. The van der Waals surface area contributed by atoms with Crippen LogP contribution in [0.1, 0.15) is 20.7 Å². The van der Waals surface area contributed by atoms with E-state index in [2.05, 4.69) is 10.3 Å². The molecule has 0 saturated heterocycles. The van der Waals surface area contributed by atoms with Gasteiger partial charge in [-0.1, -0.05) is 23.7 Å². The second-order valence-corrected chi connectivity index (χ2v) is 6.46. The molecule has 0 fully saturated rings. The fourth-order valence-corrected chi connectivity index (χ4v) is 2.96. The Morgan fingerprint density at radius 2 is 1.89 bits per heavy atom. The number of nitrogens with zero attached hydrogens (tertiary/aromatic N) is 2. The van der Waals surface area contributed by atoms with Crippen molar-refractivity contribution in [1.29, 1.82) is 0 Å². The van der Waals surface area contributed by atoms with Crippen molar-refractivity contribution in [2.75, 3.05) is 25.5 Å². The van der Waals surface area contributed by atoms with Gasteiger partial charge in [-0.15, -0.1) is 0 Å². The average molecular weight is 384 g/mol. The van der Waals surface area contributed by atoms with Gasteiger partial charge in [-0.25, -0.2) is 4.79 Å². The Morgan fingerprint density at radius 3 is 2.63 bits per heavy atom. The molecule has 7 heteroatoms. The number of likely N-dealkylation sites (N-methyl/N-ethyl adjacent to an activating group) is 1. The lowest BCUT2D eigenvalue weighted by molar-refractivity contribution is 0.0682. The molecule has 0 aliphatic heterocycles. The molecule has 0 saturated carbocycles. The molecular weight excluding hydrogens is 366 g/mol. The second-order valence-electron chi connectivity index (χ2n) is 6.02. The van der Waals surface area contributed by atoms with Crippen LogP contribution in [0.25, 0.3) is 10.9 Å². The van der Waals surface area contributed by atoms with Crippen LogP contribution in [0.5, 0.6) is 0 Å². The van der Waals surface area contributed by atoms with Crippen LogP contribution in [-0.4, -0.2) is 47.0 Å². The van der Waals surface area contributed by atoms with Gasteiger partial charge in [0.2, 0.25) is 0 Å². The molecule has 6 nitrogen and oxygen atoms in total. The number of anilines is 1. The molecular formula is C20H18ClN3O3. The molecule has 1 amide bonds. The molecule has 0 radical (unpaired) electrons. The van der Waals surface area contributed by atoms with E-state index in [-0.39, 0.29) is 17.0 Å². The highest BCUT2D eigenvalue weighted by Gasteiger charge is 2.18. The van der Waals surface area contributed by atoms with Crippen molar-refractivity contribution in [1.82, 2.24) is 9.88 Å². The first-order valence-corrected chi connectivity index (χ1v) is 8.71. The van der Waals surface area contributed by atoms with Gasteiger partial charge in [0.25, 0.3) is 5.91 Å². The molecule has 2 N–H and O–H groups in total. The highest BCUT2D eigenvalue weighted by Crippen LogP contribution is 2.24. The number of fused-ring (bicyclic) bond motifs is 1. The van der Waals surface area contributed by atoms with E-state index >= 15 is 0 Å². The van der Waals surface area contributed by atoms with E-state index in [0.717, 1.165) is 16.6 Å². The fourth-order valence-electron chi connectivity index (χ4n) is 2.80. The Morgan fingerprint density at radius 1 is 1.15 bits per heavy atom. The number of halogens is 1. The van der Waals surface area contributed by atoms with Crippen LogP contribution in [0.2, 0.25) is 5.02 Å². The zero-order chi connectivity index (χ0) is 19.4. The smallest absolute Gasteiger partial charge is 0.336 e.